The Morgan fingerprint density at radius 1 is 1.53 bits per heavy atom. The Morgan fingerprint density at radius 2 is 2.29 bits per heavy atom. The van der Waals surface area contributed by atoms with Crippen molar-refractivity contribution in [1.82, 2.24) is 9.88 Å². The molecule has 1 saturated heterocycles. The molecule has 1 aromatic rings. The summed E-state index contributed by atoms with van der Waals surface area (Å²) in [6.07, 6.45) is 5.97. The van der Waals surface area contributed by atoms with Crippen LogP contribution in [-0.2, 0) is 6.54 Å². The van der Waals surface area contributed by atoms with E-state index in [9.17, 15) is 0 Å². The lowest BCUT2D eigenvalue weighted by atomic mass is 9.93. The lowest BCUT2D eigenvalue weighted by Crippen LogP contribution is -2.41. The highest BCUT2D eigenvalue weighted by molar-refractivity contribution is 7.15. The van der Waals surface area contributed by atoms with E-state index in [1.54, 1.807) is 11.3 Å². The third-order valence-corrected chi connectivity index (χ3v) is 4.18. The third-order valence-electron chi connectivity index (χ3n) is 3.36. The molecule has 0 bridgehead atoms. The molecule has 98 valence electrons. The Bertz CT molecular complexity index is 340. The molecule has 0 radical (unpaired) electrons. The van der Waals surface area contributed by atoms with Gasteiger partial charge in [-0.15, -0.1) is 23.7 Å². The number of nitrogens with two attached hydrogens (primary N) is 1. The number of thiazole rings is 1. The van der Waals surface area contributed by atoms with E-state index >= 15 is 0 Å². The van der Waals surface area contributed by atoms with Gasteiger partial charge in [-0.2, -0.15) is 0 Å². The Labute approximate surface area is 114 Å². The van der Waals surface area contributed by atoms with Crippen LogP contribution in [-0.4, -0.2) is 22.5 Å². The summed E-state index contributed by atoms with van der Waals surface area (Å²) in [7, 11) is 0. The Balaban J connectivity index is 0.00000144. The standard InChI is InChI=1S/C12H21N3S.ClH/c1-9(2)11-5-3-4-6-15(11)8-10-7-14-12(13)16-10;/h7,9,11H,3-6,8H2,1-2H3,(H2,13,14);1H. The van der Waals surface area contributed by atoms with Gasteiger partial charge in [-0.3, -0.25) is 4.90 Å². The maximum atomic E-state index is 5.67. The van der Waals surface area contributed by atoms with Crippen LogP contribution < -0.4 is 5.73 Å². The Kier molecular flexibility index (Phi) is 5.70. The van der Waals surface area contributed by atoms with Gasteiger partial charge in [-0.25, -0.2) is 4.98 Å². The Hall–Kier alpha value is -0.320. The number of likely N-dealkylation sites (tertiary alicyclic amines) is 1. The SMILES string of the molecule is CC(C)C1CCCCN1Cc1cnc(N)s1.Cl. The summed E-state index contributed by atoms with van der Waals surface area (Å²) in [5.74, 6) is 0.741. The molecule has 2 rings (SSSR count). The number of hydrogen-bond donors (Lipinski definition) is 1. The second-order valence-corrected chi connectivity index (χ2v) is 6.09. The molecule has 5 heteroatoms. The number of aromatic nitrogens is 1. The molecule has 1 fully saturated rings. The quantitative estimate of drug-likeness (QED) is 0.921. The van der Waals surface area contributed by atoms with E-state index in [1.165, 1.54) is 30.7 Å². The molecule has 2 N–H and O–H groups in total. The van der Waals surface area contributed by atoms with E-state index in [0.717, 1.165) is 18.5 Å². The summed E-state index contributed by atoms with van der Waals surface area (Å²) in [5.41, 5.74) is 5.67. The van der Waals surface area contributed by atoms with E-state index in [2.05, 4.69) is 23.7 Å². The maximum Gasteiger partial charge on any atom is 0.180 e. The fourth-order valence-electron chi connectivity index (χ4n) is 2.56. The van der Waals surface area contributed by atoms with Gasteiger partial charge in [0.25, 0.3) is 0 Å². The van der Waals surface area contributed by atoms with Crippen molar-refractivity contribution in [2.45, 2.75) is 45.7 Å². The molecule has 0 spiro atoms. The summed E-state index contributed by atoms with van der Waals surface area (Å²) in [6, 6.07) is 0.733. The van der Waals surface area contributed by atoms with Gasteiger partial charge in [0.1, 0.15) is 0 Å². The molecule has 1 aliphatic rings. The molecule has 0 amide bonds. The van der Waals surface area contributed by atoms with Crippen molar-refractivity contribution in [1.29, 1.82) is 0 Å². The first-order valence-corrected chi connectivity index (χ1v) is 6.92. The van der Waals surface area contributed by atoms with E-state index in [0.29, 0.717) is 5.13 Å². The summed E-state index contributed by atoms with van der Waals surface area (Å²) in [4.78, 5) is 8.02. The summed E-state index contributed by atoms with van der Waals surface area (Å²) in [6.45, 7) is 6.90. The van der Waals surface area contributed by atoms with Crippen LogP contribution in [0.5, 0.6) is 0 Å². The molecule has 17 heavy (non-hydrogen) atoms. The van der Waals surface area contributed by atoms with Crippen molar-refractivity contribution in [2.75, 3.05) is 12.3 Å². The number of halogens is 1. The molecule has 0 saturated carbocycles. The highest BCUT2D eigenvalue weighted by Crippen LogP contribution is 2.26. The lowest BCUT2D eigenvalue weighted by molar-refractivity contribution is 0.105. The second-order valence-electron chi connectivity index (χ2n) is 4.94. The van der Waals surface area contributed by atoms with Crippen LogP contribution >= 0.6 is 23.7 Å². The van der Waals surface area contributed by atoms with E-state index < -0.39 is 0 Å². The van der Waals surface area contributed by atoms with Crippen molar-refractivity contribution in [2.24, 2.45) is 5.92 Å². The number of anilines is 1. The third kappa shape index (κ3) is 3.83. The molecule has 1 atom stereocenters. The highest BCUT2D eigenvalue weighted by Gasteiger charge is 2.25. The smallest absolute Gasteiger partial charge is 0.180 e. The van der Waals surface area contributed by atoms with Gasteiger partial charge in [0, 0.05) is 23.7 Å². The zero-order valence-corrected chi connectivity index (χ0v) is 12.2. The van der Waals surface area contributed by atoms with Crippen LogP contribution in [0.1, 0.15) is 38.0 Å². The number of rotatable bonds is 3. The molecule has 3 nitrogen and oxygen atoms in total. The fourth-order valence-corrected chi connectivity index (χ4v) is 3.27. The van der Waals surface area contributed by atoms with Gasteiger partial charge >= 0.3 is 0 Å². The summed E-state index contributed by atoms with van der Waals surface area (Å²) >= 11 is 1.62. The van der Waals surface area contributed by atoms with Gasteiger partial charge in [0.15, 0.2) is 5.13 Å². The molecular weight excluding hydrogens is 254 g/mol. The average Bonchev–Trinajstić information content (AvgIpc) is 2.64. The monoisotopic (exact) mass is 275 g/mol. The van der Waals surface area contributed by atoms with Crippen molar-refractivity contribution in [3.8, 4) is 0 Å². The first kappa shape index (κ1) is 14.7. The predicted molar refractivity (Wildman–Crippen MR) is 76.7 cm³/mol. The molecular formula is C12H22ClN3S. The summed E-state index contributed by atoms with van der Waals surface area (Å²) in [5, 5.41) is 0.688. The minimum absolute atomic E-state index is 0. The predicted octanol–water partition coefficient (Wildman–Crippen LogP) is 3.16. The van der Waals surface area contributed by atoms with Gasteiger partial charge in [0.2, 0.25) is 0 Å². The molecule has 1 aromatic heterocycles. The zero-order chi connectivity index (χ0) is 11.5. The molecule has 1 aliphatic heterocycles. The molecule has 0 aliphatic carbocycles. The van der Waals surface area contributed by atoms with Crippen molar-refractivity contribution >= 4 is 28.9 Å². The number of piperidine rings is 1. The number of hydrogen-bond acceptors (Lipinski definition) is 4. The average molecular weight is 276 g/mol. The largest absolute Gasteiger partial charge is 0.375 e. The topological polar surface area (TPSA) is 42.2 Å². The Morgan fingerprint density at radius 3 is 2.88 bits per heavy atom. The minimum Gasteiger partial charge on any atom is -0.375 e. The van der Waals surface area contributed by atoms with Crippen LogP contribution in [0.15, 0.2) is 6.20 Å². The number of nitrogens with zero attached hydrogens (tertiary/aromatic N) is 2. The van der Waals surface area contributed by atoms with E-state index in [-0.39, 0.29) is 12.4 Å². The molecule has 0 aromatic carbocycles. The van der Waals surface area contributed by atoms with Crippen molar-refractivity contribution in [3.05, 3.63) is 11.1 Å². The van der Waals surface area contributed by atoms with Crippen LogP contribution in [0, 0.1) is 5.92 Å². The second kappa shape index (κ2) is 6.57. The van der Waals surface area contributed by atoms with Gasteiger partial charge in [-0.1, -0.05) is 20.3 Å². The normalized spacial score (nSPS) is 21.5. The molecule has 1 unspecified atom stereocenters. The van der Waals surface area contributed by atoms with Crippen LogP contribution in [0.3, 0.4) is 0 Å². The minimum atomic E-state index is 0. The van der Waals surface area contributed by atoms with Crippen LogP contribution in [0.2, 0.25) is 0 Å². The van der Waals surface area contributed by atoms with Crippen molar-refractivity contribution < 1.29 is 0 Å². The van der Waals surface area contributed by atoms with Gasteiger partial charge in [0.05, 0.1) is 0 Å². The first-order chi connectivity index (χ1) is 7.66. The zero-order valence-electron chi connectivity index (χ0n) is 10.6. The van der Waals surface area contributed by atoms with Crippen LogP contribution in [0.25, 0.3) is 0 Å². The van der Waals surface area contributed by atoms with Crippen molar-refractivity contribution in [3.63, 3.8) is 0 Å². The van der Waals surface area contributed by atoms with E-state index in [1.807, 2.05) is 6.20 Å². The maximum absolute atomic E-state index is 5.67. The fraction of sp³-hybridized carbons (Fsp3) is 0.750. The number of nitrogen functional groups attached to an aromatic ring is 1. The van der Waals surface area contributed by atoms with Crippen LogP contribution in [0.4, 0.5) is 5.13 Å². The first-order valence-electron chi connectivity index (χ1n) is 6.11. The molecule has 2 heterocycles. The van der Waals surface area contributed by atoms with E-state index in [4.69, 9.17) is 5.73 Å². The summed E-state index contributed by atoms with van der Waals surface area (Å²) < 4.78 is 0. The lowest BCUT2D eigenvalue weighted by Gasteiger charge is -2.37. The van der Waals surface area contributed by atoms with Gasteiger partial charge < -0.3 is 5.73 Å². The van der Waals surface area contributed by atoms with Gasteiger partial charge in [-0.05, 0) is 25.3 Å². The highest BCUT2D eigenvalue weighted by atomic mass is 35.5.